The fraction of sp³-hybridized carbons (Fsp3) is 0.917. The number of urea groups is 1. The lowest BCUT2D eigenvalue weighted by molar-refractivity contribution is 0.0708. The van der Waals surface area contributed by atoms with Crippen LogP contribution >= 0.6 is 12.6 Å². The monoisotopic (exact) mass is 324 g/mol. The Morgan fingerprint density at radius 1 is 1.00 bits per heavy atom. The van der Waals surface area contributed by atoms with Crippen LogP contribution in [-0.2, 0) is 13.3 Å². The van der Waals surface area contributed by atoms with E-state index in [1.165, 1.54) is 0 Å². The summed E-state index contributed by atoms with van der Waals surface area (Å²) in [6.07, 6.45) is 0.764. The summed E-state index contributed by atoms with van der Waals surface area (Å²) in [5, 5.41) is 5.48. The van der Waals surface area contributed by atoms with Crippen LogP contribution in [-0.4, -0.2) is 53.5 Å². The standard InChI is InChI=1S/C12H28N2O4SSi/c1-4-16-20(17-5-2,18-6-3)11-7-8-13-12(15)14-9-10-19/h19H,4-11H2,1-3H3,(H2,13,14,15). The van der Waals surface area contributed by atoms with E-state index in [-0.39, 0.29) is 6.03 Å². The molecule has 0 bridgehead atoms. The molecule has 2 amide bonds. The van der Waals surface area contributed by atoms with Gasteiger partial charge < -0.3 is 23.9 Å². The van der Waals surface area contributed by atoms with Gasteiger partial charge in [0.2, 0.25) is 0 Å². The van der Waals surface area contributed by atoms with Crippen molar-refractivity contribution in [1.29, 1.82) is 0 Å². The second kappa shape index (κ2) is 12.5. The molecule has 0 aromatic heterocycles. The van der Waals surface area contributed by atoms with Crippen LogP contribution in [0.2, 0.25) is 6.04 Å². The average Bonchev–Trinajstić information content (AvgIpc) is 2.42. The minimum Gasteiger partial charge on any atom is -0.374 e. The van der Waals surface area contributed by atoms with E-state index in [0.717, 1.165) is 6.42 Å². The summed E-state index contributed by atoms with van der Waals surface area (Å²) in [6.45, 7) is 8.64. The molecule has 2 N–H and O–H groups in total. The highest BCUT2D eigenvalue weighted by Crippen LogP contribution is 2.17. The van der Waals surface area contributed by atoms with Gasteiger partial charge in [0.15, 0.2) is 0 Å². The zero-order valence-corrected chi connectivity index (χ0v) is 14.6. The third-order valence-electron chi connectivity index (χ3n) is 2.44. The summed E-state index contributed by atoms with van der Waals surface area (Å²) in [5.74, 6) is 0.627. The number of amides is 2. The van der Waals surface area contributed by atoms with Gasteiger partial charge in [-0.15, -0.1) is 0 Å². The van der Waals surface area contributed by atoms with E-state index in [9.17, 15) is 4.79 Å². The molecule has 0 rings (SSSR count). The highest BCUT2D eigenvalue weighted by molar-refractivity contribution is 7.80. The van der Waals surface area contributed by atoms with Crippen LogP contribution in [0.3, 0.4) is 0 Å². The molecule has 0 saturated carbocycles. The third-order valence-corrected chi connectivity index (χ3v) is 5.81. The quantitative estimate of drug-likeness (QED) is 0.290. The van der Waals surface area contributed by atoms with Gasteiger partial charge in [-0.2, -0.15) is 12.6 Å². The van der Waals surface area contributed by atoms with Crippen LogP contribution in [0.1, 0.15) is 27.2 Å². The van der Waals surface area contributed by atoms with Crippen molar-refractivity contribution in [1.82, 2.24) is 10.6 Å². The van der Waals surface area contributed by atoms with Gasteiger partial charge in [-0.05, 0) is 27.2 Å². The van der Waals surface area contributed by atoms with Gasteiger partial charge in [-0.3, -0.25) is 0 Å². The Morgan fingerprint density at radius 3 is 1.95 bits per heavy atom. The number of nitrogens with one attached hydrogen (secondary N) is 2. The molecule has 0 saturated heterocycles. The predicted molar refractivity (Wildman–Crippen MR) is 85.3 cm³/mol. The highest BCUT2D eigenvalue weighted by atomic mass is 32.1. The molecule has 6 nitrogen and oxygen atoms in total. The molecule has 0 fully saturated rings. The lowest BCUT2D eigenvalue weighted by Crippen LogP contribution is -2.46. The van der Waals surface area contributed by atoms with Crippen LogP contribution < -0.4 is 10.6 Å². The summed E-state index contributed by atoms with van der Waals surface area (Å²) in [7, 11) is -2.58. The van der Waals surface area contributed by atoms with E-state index in [4.69, 9.17) is 13.3 Å². The molecule has 120 valence electrons. The fourth-order valence-corrected chi connectivity index (χ4v) is 4.46. The van der Waals surface area contributed by atoms with Crippen molar-refractivity contribution < 1.29 is 18.1 Å². The van der Waals surface area contributed by atoms with E-state index in [1.807, 2.05) is 20.8 Å². The molecular weight excluding hydrogens is 296 g/mol. The maximum absolute atomic E-state index is 11.4. The highest BCUT2D eigenvalue weighted by Gasteiger charge is 2.39. The Morgan fingerprint density at radius 2 is 1.50 bits per heavy atom. The van der Waals surface area contributed by atoms with Gasteiger partial charge in [-0.1, -0.05) is 0 Å². The molecule has 0 spiro atoms. The second-order valence-corrected chi connectivity index (χ2v) is 7.17. The van der Waals surface area contributed by atoms with E-state index >= 15 is 0 Å². The van der Waals surface area contributed by atoms with Crippen LogP contribution in [0.5, 0.6) is 0 Å². The summed E-state index contributed by atoms with van der Waals surface area (Å²) < 4.78 is 17.2. The normalized spacial score (nSPS) is 11.4. The first kappa shape index (κ1) is 19.7. The Bertz CT molecular complexity index is 243. The molecule has 0 radical (unpaired) electrons. The Hall–Kier alpha value is -0.283. The first-order valence-corrected chi connectivity index (χ1v) is 9.75. The van der Waals surface area contributed by atoms with Crippen molar-refractivity contribution in [2.45, 2.75) is 33.2 Å². The maximum Gasteiger partial charge on any atom is 0.500 e. The number of hydrogen-bond acceptors (Lipinski definition) is 5. The molecule has 0 aromatic rings. The van der Waals surface area contributed by atoms with E-state index in [1.54, 1.807) is 0 Å². The predicted octanol–water partition coefficient (Wildman–Crippen LogP) is 1.65. The molecule has 0 aromatic carbocycles. The first-order chi connectivity index (χ1) is 9.64. The van der Waals surface area contributed by atoms with E-state index < -0.39 is 8.80 Å². The topological polar surface area (TPSA) is 68.8 Å². The van der Waals surface area contributed by atoms with E-state index in [2.05, 4.69) is 23.3 Å². The third kappa shape index (κ3) is 8.80. The summed E-state index contributed by atoms with van der Waals surface area (Å²) in [5.41, 5.74) is 0. The molecule has 8 heteroatoms. The fourth-order valence-electron chi connectivity index (χ4n) is 1.74. The van der Waals surface area contributed by atoms with Crippen LogP contribution in [0.4, 0.5) is 4.79 Å². The number of carbonyl (C=O) groups is 1. The Labute approximate surface area is 128 Å². The van der Waals surface area contributed by atoms with Crippen molar-refractivity contribution in [3.05, 3.63) is 0 Å². The molecular formula is C12H28N2O4SSi. The Kier molecular flexibility index (Phi) is 12.3. The molecule has 0 aliphatic rings. The number of hydrogen-bond donors (Lipinski definition) is 3. The summed E-state index contributed by atoms with van der Waals surface area (Å²) in [4.78, 5) is 11.4. The molecule has 0 heterocycles. The maximum atomic E-state index is 11.4. The van der Waals surface area contributed by atoms with Crippen molar-refractivity contribution in [3.8, 4) is 0 Å². The summed E-state index contributed by atoms with van der Waals surface area (Å²) in [6, 6.07) is 0.533. The average molecular weight is 325 g/mol. The van der Waals surface area contributed by atoms with Gasteiger partial charge >= 0.3 is 14.8 Å². The lowest BCUT2D eigenvalue weighted by Gasteiger charge is -2.28. The lowest BCUT2D eigenvalue weighted by atomic mass is 10.5. The van der Waals surface area contributed by atoms with E-state index in [0.29, 0.717) is 44.7 Å². The first-order valence-electron chi connectivity index (χ1n) is 7.18. The van der Waals surface area contributed by atoms with Gasteiger partial charge in [0.05, 0.1) is 0 Å². The van der Waals surface area contributed by atoms with Gasteiger partial charge in [0, 0.05) is 44.7 Å². The summed E-state index contributed by atoms with van der Waals surface area (Å²) >= 11 is 4.03. The molecule has 20 heavy (non-hydrogen) atoms. The number of carbonyl (C=O) groups excluding carboxylic acids is 1. The van der Waals surface area contributed by atoms with Gasteiger partial charge in [0.25, 0.3) is 0 Å². The largest absolute Gasteiger partial charge is 0.500 e. The van der Waals surface area contributed by atoms with Crippen LogP contribution in [0, 0.1) is 0 Å². The van der Waals surface area contributed by atoms with Crippen molar-refractivity contribution >= 4 is 27.5 Å². The zero-order valence-electron chi connectivity index (χ0n) is 12.7. The van der Waals surface area contributed by atoms with Gasteiger partial charge in [0.1, 0.15) is 0 Å². The minimum atomic E-state index is -2.58. The Balaban J connectivity index is 4.08. The zero-order chi connectivity index (χ0) is 15.3. The number of rotatable bonds is 12. The molecule has 0 atom stereocenters. The minimum absolute atomic E-state index is 0.171. The SMILES string of the molecule is CCO[Si](CCCNC(=O)NCCS)(OCC)OCC. The number of thiol groups is 1. The molecule has 0 unspecified atom stereocenters. The smallest absolute Gasteiger partial charge is 0.374 e. The van der Waals surface area contributed by atoms with Crippen LogP contribution in [0.15, 0.2) is 0 Å². The molecule has 0 aliphatic heterocycles. The van der Waals surface area contributed by atoms with Gasteiger partial charge in [-0.25, -0.2) is 4.79 Å². The second-order valence-electron chi connectivity index (χ2n) is 3.99. The van der Waals surface area contributed by atoms with Crippen molar-refractivity contribution in [2.75, 3.05) is 38.7 Å². The van der Waals surface area contributed by atoms with Crippen LogP contribution in [0.25, 0.3) is 0 Å². The van der Waals surface area contributed by atoms with Crippen molar-refractivity contribution in [3.63, 3.8) is 0 Å². The molecule has 0 aliphatic carbocycles. The van der Waals surface area contributed by atoms with Crippen molar-refractivity contribution in [2.24, 2.45) is 0 Å².